The normalized spacial score (nSPS) is 11.1. The lowest BCUT2D eigenvalue weighted by Crippen LogP contribution is -2.06. The van der Waals surface area contributed by atoms with Crippen molar-refractivity contribution in [1.82, 2.24) is 19.5 Å². The highest BCUT2D eigenvalue weighted by Gasteiger charge is 2.23. The second-order valence-corrected chi connectivity index (χ2v) is 5.58. The number of nitro groups is 1. The van der Waals surface area contributed by atoms with Gasteiger partial charge in [-0.3, -0.25) is 0 Å². The van der Waals surface area contributed by atoms with Gasteiger partial charge in [0.15, 0.2) is 5.82 Å². The van der Waals surface area contributed by atoms with Crippen molar-refractivity contribution in [2.75, 3.05) is 5.88 Å². The molecule has 0 aliphatic rings. The summed E-state index contributed by atoms with van der Waals surface area (Å²) in [5.74, 6) is 1.01. The number of nitrogens with zero attached hydrogens (tertiary/aromatic N) is 4. The number of fused-ring (bicyclic) bond motifs is 1. The largest absolute Gasteiger partial charge is 0.358 e. The van der Waals surface area contributed by atoms with Crippen LogP contribution < -0.4 is 0 Å². The van der Waals surface area contributed by atoms with Crippen LogP contribution in [0.3, 0.4) is 0 Å². The summed E-state index contributed by atoms with van der Waals surface area (Å²) in [6, 6.07) is 5.61. The second-order valence-electron chi connectivity index (χ2n) is 4.28. The Morgan fingerprint density at radius 1 is 1.48 bits per heavy atom. The highest BCUT2D eigenvalue weighted by atomic mass is 79.9. The molecule has 0 atom stereocenters. The molecule has 0 aliphatic heterocycles. The quantitative estimate of drug-likeness (QED) is 0.433. The Balaban J connectivity index is 2.15. The lowest BCUT2D eigenvalue weighted by Gasteiger charge is -2.00. The van der Waals surface area contributed by atoms with Gasteiger partial charge < -0.3 is 15.1 Å². The molecule has 0 saturated heterocycles. The van der Waals surface area contributed by atoms with Crippen LogP contribution in [0.1, 0.15) is 0 Å². The van der Waals surface area contributed by atoms with E-state index in [0.29, 0.717) is 11.6 Å². The van der Waals surface area contributed by atoms with E-state index in [2.05, 4.69) is 30.9 Å². The van der Waals surface area contributed by atoms with Crippen molar-refractivity contribution in [3.05, 3.63) is 39.0 Å². The number of halogens is 2. The Labute approximate surface area is 132 Å². The number of alkyl halides is 1. The molecule has 2 heterocycles. The van der Waals surface area contributed by atoms with Crippen LogP contribution in [0.25, 0.3) is 22.7 Å². The predicted molar refractivity (Wildman–Crippen MR) is 82.4 cm³/mol. The molecule has 3 aromatic rings. The number of aromatic amines is 1. The van der Waals surface area contributed by atoms with Crippen LogP contribution in [0.4, 0.5) is 5.82 Å². The molecule has 0 fully saturated rings. The zero-order valence-corrected chi connectivity index (χ0v) is 12.9. The Hall–Kier alpha value is -1.93. The van der Waals surface area contributed by atoms with E-state index < -0.39 is 4.92 Å². The van der Waals surface area contributed by atoms with Gasteiger partial charge in [0.05, 0.1) is 16.9 Å². The molecule has 1 aromatic carbocycles. The van der Waals surface area contributed by atoms with E-state index in [1.165, 1.54) is 10.8 Å². The molecule has 0 spiro atoms. The van der Waals surface area contributed by atoms with E-state index in [-0.39, 0.29) is 18.2 Å². The van der Waals surface area contributed by atoms with Gasteiger partial charge in [-0.25, -0.2) is 14.5 Å². The topological polar surface area (TPSA) is 89.6 Å². The van der Waals surface area contributed by atoms with Gasteiger partial charge in [0.2, 0.25) is 0 Å². The van der Waals surface area contributed by atoms with Gasteiger partial charge in [-0.05, 0) is 23.1 Å². The fraction of sp³-hybridized carbons (Fsp3) is 0.167. The lowest BCUT2D eigenvalue weighted by atomic mass is 10.3. The summed E-state index contributed by atoms with van der Waals surface area (Å²) < 4.78 is 2.36. The van der Waals surface area contributed by atoms with Crippen LogP contribution in [-0.4, -0.2) is 30.3 Å². The first-order valence-electron chi connectivity index (χ1n) is 6.01. The molecule has 0 amide bonds. The van der Waals surface area contributed by atoms with Gasteiger partial charge in [0.25, 0.3) is 5.82 Å². The summed E-state index contributed by atoms with van der Waals surface area (Å²) in [7, 11) is 0. The Bertz CT molecular complexity index is 828. The highest BCUT2D eigenvalue weighted by molar-refractivity contribution is 9.10. The zero-order valence-electron chi connectivity index (χ0n) is 10.6. The second kappa shape index (κ2) is 5.45. The minimum Gasteiger partial charge on any atom is -0.358 e. The first-order valence-corrected chi connectivity index (χ1v) is 7.34. The lowest BCUT2D eigenvalue weighted by molar-refractivity contribution is -0.392. The molecule has 0 aliphatic carbocycles. The molecular formula is C12H9BrClN5O2. The van der Waals surface area contributed by atoms with Crippen LogP contribution >= 0.6 is 27.5 Å². The Morgan fingerprint density at radius 3 is 3.00 bits per heavy atom. The summed E-state index contributed by atoms with van der Waals surface area (Å²) in [5, 5.41) is 11.0. The third-order valence-corrected chi connectivity index (χ3v) is 3.65. The Morgan fingerprint density at radius 2 is 2.29 bits per heavy atom. The average molecular weight is 371 g/mol. The van der Waals surface area contributed by atoms with E-state index in [1.54, 1.807) is 0 Å². The molecule has 0 radical (unpaired) electrons. The summed E-state index contributed by atoms with van der Waals surface area (Å²) in [6.07, 6.45) is 1.21. The van der Waals surface area contributed by atoms with Gasteiger partial charge in [-0.15, -0.1) is 11.6 Å². The molecule has 1 N–H and O–H groups in total. The molecular weight excluding hydrogens is 362 g/mol. The summed E-state index contributed by atoms with van der Waals surface area (Å²) in [6.45, 7) is 0.286. The van der Waals surface area contributed by atoms with E-state index in [4.69, 9.17) is 11.6 Å². The van der Waals surface area contributed by atoms with Crippen LogP contribution in [0.5, 0.6) is 0 Å². The maximum Gasteiger partial charge on any atom is 0.343 e. The molecule has 0 unspecified atom stereocenters. The SMILES string of the molecule is O=[N+]([O-])c1cnc(-c2nc3ccc(Br)cc3[nH]2)n1CCCl. The summed E-state index contributed by atoms with van der Waals surface area (Å²) in [5.41, 5.74) is 1.58. The number of benzene rings is 1. The van der Waals surface area contributed by atoms with Crippen molar-refractivity contribution in [2.24, 2.45) is 0 Å². The molecule has 2 aromatic heterocycles. The maximum atomic E-state index is 11.0. The van der Waals surface area contributed by atoms with Gasteiger partial charge in [-0.2, -0.15) is 0 Å². The van der Waals surface area contributed by atoms with Crippen LogP contribution in [0, 0.1) is 10.1 Å². The Kier molecular flexibility index (Phi) is 3.64. The van der Waals surface area contributed by atoms with Crippen molar-refractivity contribution in [2.45, 2.75) is 6.54 Å². The minimum absolute atomic E-state index is 0.104. The number of hydrogen-bond donors (Lipinski definition) is 1. The average Bonchev–Trinajstić information content (AvgIpc) is 3.01. The fourth-order valence-electron chi connectivity index (χ4n) is 2.09. The van der Waals surface area contributed by atoms with E-state index in [1.807, 2.05) is 18.2 Å². The monoisotopic (exact) mass is 369 g/mol. The predicted octanol–water partition coefficient (Wildman–Crippen LogP) is 3.34. The molecule has 7 nitrogen and oxygen atoms in total. The number of nitrogens with one attached hydrogen (secondary N) is 1. The minimum atomic E-state index is -0.484. The fourth-order valence-corrected chi connectivity index (χ4v) is 2.62. The summed E-state index contributed by atoms with van der Waals surface area (Å²) in [4.78, 5) is 22.2. The van der Waals surface area contributed by atoms with Crippen LogP contribution in [0.15, 0.2) is 28.9 Å². The third kappa shape index (κ3) is 2.52. The molecule has 0 bridgehead atoms. The van der Waals surface area contributed by atoms with E-state index in [9.17, 15) is 10.1 Å². The smallest absolute Gasteiger partial charge is 0.343 e. The van der Waals surface area contributed by atoms with Gasteiger partial charge in [0, 0.05) is 4.47 Å². The van der Waals surface area contributed by atoms with Gasteiger partial charge in [-0.1, -0.05) is 15.9 Å². The third-order valence-electron chi connectivity index (χ3n) is 2.99. The van der Waals surface area contributed by atoms with Crippen molar-refractivity contribution in [3.8, 4) is 11.6 Å². The van der Waals surface area contributed by atoms with Crippen molar-refractivity contribution in [1.29, 1.82) is 0 Å². The van der Waals surface area contributed by atoms with Gasteiger partial charge >= 0.3 is 5.82 Å². The first kappa shape index (κ1) is 14.0. The van der Waals surface area contributed by atoms with E-state index in [0.717, 1.165) is 15.5 Å². The highest BCUT2D eigenvalue weighted by Crippen LogP contribution is 2.25. The first-order chi connectivity index (χ1) is 10.1. The van der Waals surface area contributed by atoms with Crippen LogP contribution in [0.2, 0.25) is 0 Å². The van der Waals surface area contributed by atoms with Gasteiger partial charge in [0.1, 0.15) is 12.7 Å². The zero-order chi connectivity index (χ0) is 15.0. The molecule has 9 heteroatoms. The van der Waals surface area contributed by atoms with E-state index >= 15 is 0 Å². The number of rotatable bonds is 4. The number of H-pyrrole nitrogens is 1. The maximum absolute atomic E-state index is 11.0. The molecule has 3 rings (SSSR count). The number of imidazole rings is 2. The molecule has 0 saturated carbocycles. The molecule has 108 valence electrons. The summed E-state index contributed by atoms with van der Waals surface area (Å²) >= 11 is 9.11. The van der Waals surface area contributed by atoms with Crippen molar-refractivity contribution < 1.29 is 4.92 Å². The standard InChI is InChI=1S/C12H9BrClN5O2/c13-7-1-2-8-9(5-7)17-11(16-8)12-15-6-10(19(20)21)18(12)4-3-14/h1-2,5-6H,3-4H2,(H,16,17). The number of hydrogen-bond acceptors (Lipinski definition) is 4. The van der Waals surface area contributed by atoms with Crippen LogP contribution in [-0.2, 0) is 6.54 Å². The molecule has 21 heavy (non-hydrogen) atoms. The van der Waals surface area contributed by atoms with Crippen molar-refractivity contribution >= 4 is 44.4 Å². The number of aromatic nitrogens is 4. The van der Waals surface area contributed by atoms with Crippen molar-refractivity contribution in [3.63, 3.8) is 0 Å².